The lowest BCUT2D eigenvalue weighted by molar-refractivity contribution is 0.887. The Kier molecular flexibility index (Phi) is 3.95. The van der Waals surface area contributed by atoms with Crippen molar-refractivity contribution in [2.45, 2.75) is 13.8 Å². The van der Waals surface area contributed by atoms with Crippen molar-refractivity contribution in [2.75, 3.05) is 0 Å². The van der Waals surface area contributed by atoms with Crippen molar-refractivity contribution in [3.8, 4) is 28.1 Å². The normalized spacial score (nSPS) is 10.8. The molecule has 2 heteroatoms. The zero-order valence-electron chi connectivity index (χ0n) is 14.5. The van der Waals surface area contributed by atoms with Gasteiger partial charge in [0.15, 0.2) is 0 Å². The third-order valence-electron chi connectivity index (χ3n) is 4.46. The van der Waals surface area contributed by atoms with Crippen molar-refractivity contribution in [3.63, 3.8) is 0 Å². The summed E-state index contributed by atoms with van der Waals surface area (Å²) in [7, 11) is 0. The molecule has 0 aliphatic carbocycles. The lowest BCUT2D eigenvalue weighted by atomic mass is 10.0. The summed E-state index contributed by atoms with van der Waals surface area (Å²) in [5, 5.41) is 4.52. The smallest absolute Gasteiger partial charge is 0.0741 e. The van der Waals surface area contributed by atoms with Gasteiger partial charge in [-0.2, -0.15) is 5.10 Å². The van der Waals surface area contributed by atoms with Gasteiger partial charge in [0.05, 0.1) is 17.6 Å². The molecule has 3 aromatic carbocycles. The standard InChI is InChI=1S/C23H20N2/c1-17-6-10-19(11-7-17)20-4-3-5-21(16-20)23-14-15-24-25(23)22-12-8-18(2)9-13-22/h3-16H,1-2H3. The first kappa shape index (κ1) is 15.4. The summed E-state index contributed by atoms with van der Waals surface area (Å²) >= 11 is 0. The van der Waals surface area contributed by atoms with Crippen LogP contribution in [0.25, 0.3) is 28.1 Å². The van der Waals surface area contributed by atoms with E-state index in [0.717, 1.165) is 16.9 Å². The molecule has 4 rings (SSSR count). The molecular formula is C23H20N2. The van der Waals surface area contributed by atoms with E-state index < -0.39 is 0 Å². The van der Waals surface area contributed by atoms with Crippen molar-refractivity contribution in [1.29, 1.82) is 0 Å². The molecular weight excluding hydrogens is 304 g/mol. The summed E-state index contributed by atoms with van der Waals surface area (Å²) in [6.45, 7) is 4.21. The van der Waals surface area contributed by atoms with Crippen molar-refractivity contribution < 1.29 is 0 Å². The Hall–Kier alpha value is -3.13. The van der Waals surface area contributed by atoms with Crippen LogP contribution in [0.15, 0.2) is 85.1 Å². The van der Waals surface area contributed by atoms with Crippen molar-refractivity contribution in [2.24, 2.45) is 0 Å². The molecule has 0 aliphatic heterocycles. The minimum absolute atomic E-state index is 1.08. The molecule has 122 valence electrons. The highest BCUT2D eigenvalue weighted by atomic mass is 15.3. The first-order valence-corrected chi connectivity index (χ1v) is 8.49. The molecule has 1 heterocycles. The van der Waals surface area contributed by atoms with E-state index >= 15 is 0 Å². The monoisotopic (exact) mass is 324 g/mol. The maximum absolute atomic E-state index is 4.52. The molecule has 0 unspecified atom stereocenters. The Morgan fingerprint density at radius 1 is 0.640 bits per heavy atom. The van der Waals surface area contributed by atoms with E-state index in [9.17, 15) is 0 Å². The van der Waals surface area contributed by atoms with Gasteiger partial charge >= 0.3 is 0 Å². The van der Waals surface area contributed by atoms with Crippen LogP contribution >= 0.6 is 0 Å². The van der Waals surface area contributed by atoms with E-state index in [1.54, 1.807) is 0 Å². The van der Waals surface area contributed by atoms with Crippen LogP contribution in [0.3, 0.4) is 0 Å². The molecule has 0 saturated heterocycles. The molecule has 4 aromatic rings. The number of rotatable bonds is 3. The molecule has 0 N–H and O–H groups in total. The Bertz CT molecular complexity index is 993. The van der Waals surface area contributed by atoms with Crippen LogP contribution < -0.4 is 0 Å². The first-order chi connectivity index (χ1) is 12.2. The summed E-state index contributed by atoms with van der Waals surface area (Å²) in [6.07, 6.45) is 1.85. The second kappa shape index (κ2) is 6.40. The van der Waals surface area contributed by atoms with Crippen molar-refractivity contribution in [3.05, 3.63) is 96.2 Å². The van der Waals surface area contributed by atoms with Gasteiger partial charge in [0.1, 0.15) is 0 Å². The molecule has 25 heavy (non-hydrogen) atoms. The highest BCUT2D eigenvalue weighted by Crippen LogP contribution is 2.28. The Labute approximate surface area is 148 Å². The van der Waals surface area contributed by atoms with Crippen LogP contribution in [-0.2, 0) is 0 Å². The van der Waals surface area contributed by atoms with E-state index in [1.165, 1.54) is 22.3 Å². The summed E-state index contributed by atoms with van der Waals surface area (Å²) in [4.78, 5) is 0. The number of aryl methyl sites for hydroxylation is 2. The summed E-state index contributed by atoms with van der Waals surface area (Å²) < 4.78 is 1.99. The lowest BCUT2D eigenvalue weighted by Gasteiger charge is -2.10. The average Bonchev–Trinajstić information content (AvgIpc) is 3.13. The molecule has 0 amide bonds. The third kappa shape index (κ3) is 3.11. The van der Waals surface area contributed by atoms with Gasteiger partial charge in [-0.05, 0) is 49.2 Å². The Morgan fingerprint density at radius 2 is 1.28 bits per heavy atom. The van der Waals surface area contributed by atoms with E-state index in [4.69, 9.17) is 0 Å². The van der Waals surface area contributed by atoms with E-state index in [2.05, 4.69) is 97.8 Å². The second-order valence-electron chi connectivity index (χ2n) is 6.41. The van der Waals surface area contributed by atoms with E-state index in [1.807, 2.05) is 10.9 Å². The van der Waals surface area contributed by atoms with Crippen molar-refractivity contribution >= 4 is 0 Å². The number of benzene rings is 3. The largest absolute Gasteiger partial charge is 0.233 e. The number of nitrogens with zero attached hydrogens (tertiary/aromatic N) is 2. The molecule has 1 aromatic heterocycles. The Morgan fingerprint density at radius 3 is 2.00 bits per heavy atom. The molecule has 0 radical (unpaired) electrons. The SMILES string of the molecule is Cc1ccc(-c2cccc(-c3ccnn3-c3ccc(C)cc3)c2)cc1. The molecule has 0 fully saturated rings. The van der Waals surface area contributed by atoms with Gasteiger partial charge in [0.25, 0.3) is 0 Å². The topological polar surface area (TPSA) is 17.8 Å². The highest BCUT2D eigenvalue weighted by molar-refractivity contribution is 5.72. The zero-order chi connectivity index (χ0) is 17.2. The predicted molar refractivity (Wildman–Crippen MR) is 104 cm³/mol. The quantitative estimate of drug-likeness (QED) is 0.464. The van der Waals surface area contributed by atoms with Crippen LogP contribution in [0, 0.1) is 13.8 Å². The fourth-order valence-electron chi connectivity index (χ4n) is 3.02. The fraction of sp³-hybridized carbons (Fsp3) is 0.0870. The average molecular weight is 324 g/mol. The molecule has 0 aliphatic rings. The maximum Gasteiger partial charge on any atom is 0.0741 e. The highest BCUT2D eigenvalue weighted by Gasteiger charge is 2.08. The van der Waals surface area contributed by atoms with Gasteiger partial charge in [0, 0.05) is 5.56 Å². The van der Waals surface area contributed by atoms with Crippen molar-refractivity contribution in [1.82, 2.24) is 9.78 Å². The van der Waals surface area contributed by atoms with Gasteiger partial charge in [-0.25, -0.2) is 4.68 Å². The molecule has 2 nitrogen and oxygen atoms in total. The summed E-state index contributed by atoms with van der Waals surface area (Å²) in [5.41, 5.74) is 8.31. The van der Waals surface area contributed by atoms with E-state index in [0.29, 0.717) is 0 Å². The lowest BCUT2D eigenvalue weighted by Crippen LogP contribution is -1.98. The summed E-state index contributed by atoms with van der Waals surface area (Å²) in [5.74, 6) is 0. The van der Waals surface area contributed by atoms with Gasteiger partial charge in [-0.1, -0.05) is 65.7 Å². The predicted octanol–water partition coefficient (Wildman–Crippen LogP) is 5.82. The summed E-state index contributed by atoms with van der Waals surface area (Å²) in [6, 6.07) is 27.8. The minimum Gasteiger partial charge on any atom is -0.233 e. The first-order valence-electron chi connectivity index (χ1n) is 8.49. The molecule has 0 saturated carbocycles. The third-order valence-corrected chi connectivity index (χ3v) is 4.46. The Balaban J connectivity index is 1.76. The fourth-order valence-corrected chi connectivity index (χ4v) is 3.02. The van der Waals surface area contributed by atoms with Crippen LogP contribution in [0.1, 0.15) is 11.1 Å². The van der Waals surface area contributed by atoms with Gasteiger partial charge in [-0.3, -0.25) is 0 Å². The van der Waals surface area contributed by atoms with Crippen LogP contribution in [0.4, 0.5) is 0 Å². The second-order valence-corrected chi connectivity index (χ2v) is 6.41. The van der Waals surface area contributed by atoms with Gasteiger partial charge in [0.2, 0.25) is 0 Å². The number of aromatic nitrogens is 2. The minimum atomic E-state index is 1.08. The van der Waals surface area contributed by atoms with Gasteiger partial charge in [-0.15, -0.1) is 0 Å². The zero-order valence-corrected chi connectivity index (χ0v) is 14.5. The molecule has 0 bridgehead atoms. The molecule has 0 spiro atoms. The van der Waals surface area contributed by atoms with Gasteiger partial charge < -0.3 is 0 Å². The van der Waals surface area contributed by atoms with Crippen LogP contribution in [-0.4, -0.2) is 9.78 Å². The number of hydrogen-bond donors (Lipinski definition) is 0. The molecule has 0 atom stereocenters. The maximum atomic E-state index is 4.52. The van der Waals surface area contributed by atoms with Crippen LogP contribution in [0.2, 0.25) is 0 Å². The van der Waals surface area contributed by atoms with Crippen LogP contribution in [0.5, 0.6) is 0 Å². The number of hydrogen-bond acceptors (Lipinski definition) is 1. The van der Waals surface area contributed by atoms with E-state index in [-0.39, 0.29) is 0 Å².